The lowest BCUT2D eigenvalue weighted by atomic mass is 9.47. The summed E-state index contributed by atoms with van der Waals surface area (Å²) in [5.74, 6) is -2.93. The van der Waals surface area contributed by atoms with Gasteiger partial charge in [0.05, 0.1) is 32.5 Å². The average molecular weight is 1090 g/mol. The second-order valence-electron chi connectivity index (χ2n) is 24.2. The lowest BCUT2D eigenvalue weighted by molar-refractivity contribution is -0.231. The summed E-state index contributed by atoms with van der Waals surface area (Å²) in [6, 6.07) is 9.28. The van der Waals surface area contributed by atoms with Crippen LogP contribution in [0.25, 0.3) is 10.9 Å². The number of carbonyl (C=O) groups is 5. The molecule has 6 unspecified atom stereocenters. The lowest BCUT2D eigenvalue weighted by Gasteiger charge is -2.63. The van der Waals surface area contributed by atoms with Crippen LogP contribution >= 0.6 is 0 Å². The first-order chi connectivity index (χ1) is 38.0. The first-order valence-electron chi connectivity index (χ1n) is 28.9. The van der Waals surface area contributed by atoms with E-state index in [2.05, 4.69) is 20.9 Å². The number of rotatable bonds is 11. The van der Waals surface area contributed by atoms with Crippen molar-refractivity contribution in [1.82, 2.24) is 24.6 Å². The van der Waals surface area contributed by atoms with Crippen LogP contribution in [0.3, 0.4) is 0 Å². The number of hydrogen-bond acceptors (Lipinski definition) is 15. The molecular formula is C61H80N6O12. The minimum absolute atomic E-state index is 0.182. The number of esters is 3. The maximum absolute atomic E-state index is 15.6. The van der Waals surface area contributed by atoms with Crippen LogP contribution in [0.5, 0.6) is 0 Å². The molecule has 2 bridgehead atoms. The predicted octanol–water partition coefficient (Wildman–Crippen LogP) is 5.40. The number of aromatic nitrogens is 1. The van der Waals surface area contributed by atoms with E-state index in [9.17, 15) is 24.9 Å². The van der Waals surface area contributed by atoms with Crippen LogP contribution in [0, 0.1) is 11.3 Å². The van der Waals surface area contributed by atoms with Crippen LogP contribution in [0.4, 0.5) is 10.5 Å². The van der Waals surface area contributed by atoms with E-state index >= 15 is 14.4 Å². The molecule has 2 amide bonds. The highest BCUT2D eigenvalue weighted by Crippen LogP contribution is 2.68. The minimum Gasteiger partial charge on any atom is -0.468 e. The van der Waals surface area contributed by atoms with E-state index < -0.39 is 94.3 Å². The molecule has 6 aliphatic heterocycles. The lowest BCUT2D eigenvalue weighted by Crippen LogP contribution is -2.81. The van der Waals surface area contributed by atoms with Crippen molar-refractivity contribution in [3.8, 4) is 0 Å². The highest BCUT2D eigenvalue weighted by Gasteiger charge is 2.80. The van der Waals surface area contributed by atoms with Crippen molar-refractivity contribution >= 4 is 46.5 Å². The predicted molar refractivity (Wildman–Crippen MR) is 294 cm³/mol. The molecule has 3 saturated heterocycles. The van der Waals surface area contributed by atoms with E-state index in [1.165, 1.54) is 31.1 Å². The number of aliphatic hydroxyl groups excluding tert-OH is 1. The van der Waals surface area contributed by atoms with Gasteiger partial charge in [-0.25, -0.2) is 14.4 Å². The van der Waals surface area contributed by atoms with Crippen LogP contribution in [-0.4, -0.2) is 185 Å². The molecule has 79 heavy (non-hydrogen) atoms. The number of aromatic amines is 1. The van der Waals surface area contributed by atoms with Gasteiger partial charge in [0.15, 0.2) is 6.10 Å². The van der Waals surface area contributed by atoms with Gasteiger partial charge in [0.2, 0.25) is 11.5 Å². The number of nitrogens with zero attached hydrogens (tertiary/aromatic N) is 5. The number of carbonyl (C=O) groups excluding carboxylic acids is 5. The maximum Gasteiger partial charge on any atom is 0.410 e. The Bertz CT molecular complexity index is 2960. The second-order valence-corrected chi connectivity index (χ2v) is 24.2. The summed E-state index contributed by atoms with van der Waals surface area (Å²) in [6.45, 7) is 6.29. The molecule has 1 aromatic heterocycles. The Labute approximate surface area is 463 Å². The molecule has 8 aliphatic rings. The number of allylic oxidation sites excluding steroid dienone is 1. The van der Waals surface area contributed by atoms with E-state index in [0.29, 0.717) is 100 Å². The van der Waals surface area contributed by atoms with Gasteiger partial charge >= 0.3 is 24.0 Å². The fraction of sp³-hybridized carbons (Fsp3) is 0.623. The number of nitrogens with one attached hydrogen (secondary N) is 1. The standard InChI is InChI=1S/C61H80N6O12/c1-7-57(74)32-38-33-60(54(71)76-5,49-42(23-28-65(34-38)37-57)41-20-14-15-21-45(41)62-49)43-31-44-47(30-39(43)36-68)64(4)52-59(44)25-29-66-26-17-24-58(8-2,51(59)66)53(61(52,75)55(72)77-6)79-50(70)46-22-16-27-67(46)48(69)35-63(3)56(73)78-40-18-12-10-9-11-13-19-40/h12,14-15,17-18,20-21,24,30-31,38,40,46,51-53,62,68,74-75H,7-11,13,16,19,22-23,25-29,32-37H2,1-6H3/b18-12+/t38-,40?,46?,51?,52?,53+,57-,58+,59?,60-,61-/m0/s1. The number of piperidine rings is 1. The first-order valence-corrected chi connectivity index (χ1v) is 28.9. The summed E-state index contributed by atoms with van der Waals surface area (Å²) >= 11 is 0. The van der Waals surface area contributed by atoms with E-state index in [0.717, 1.165) is 47.7 Å². The third kappa shape index (κ3) is 8.54. The summed E-state index contributed by atoms with van der Waals surface area (Å²) in [5.41, 5.74) is -2.47. The van der Waals surface area contributed by atoms with E-state index in [4.69, 9.17) is 18.9 Å². The van der Waals surface area contributed by atoms with Gasteiger partial charge in [0.1, 0.15) is 24.1 Å². The van der Waals surface area contributed by atoms with Crippen molar-refractivity contribution in [1.29, 1.82) is 0 Å². The Morgan fingerprint density at radius 1 is 0.873 bits per heavy atom. The highest BCUT2D eigenvalue weighted by atomic mass is 16.6. The minimum atomic E-state index is -2.54. The number of aliphatic hydroxyl groups is 3. The van der Waals surface area contributed by atoms with Crippen molar-refractivity contribution in [2.45, 2.75) is 156 Å². The fourth-order valence-electron chi connectivity index (χ4n) is 16.7. The molecular weight excluding hydrogens is 1010 g/mol. The van der Waals surface area contributed by atoms with Gasteiger partial charge in [-0.2, -0.15) is 0 Å². The number of benzene rings is 2. The van der Waals surface area contributed by atoms with Gasteiger partial charge < -0.3 is 54.0 Å². The summed E-state index contributed by atoms with van der Waals surface area (Å²) in [4.78, 5) is 86.3. The SMILES string of the molecule is CC[C@]1(O)C[C@@H]2CN(CCc3c([nH]c4ccccc34)[C@@](C(=O)OC)(c3cc4c(cc3CO)N(C)C3C45CCN4CC=C[C@](CC)(C45)[C@@H](OC(=O)C4CCCN4C(=O)CN(C)C(=O)OC4/C=C/CCCCC4)[C@]3(O)C(=O)OC)C2)C1. The molecule has 4 N–H and O–H groups in total. The maximum atomic E-state index is 15.6. The van der Waals surface area contributed by atoms with Crippen molar-refractivity contribution in [3.63, 3.8) is 0 Å². The van der Waals surface area contributed by atoms with E-state index in [1.807, 2.05) is 80.4 Å². The number of H-pyrrole nitrogens is 1. The molecule has 1 spiro atoms. The normalized spacial score (nSPS) is 35.1. The first kappa shape index (κ1) is 55.1. The molecule has 7 heterocycles. The van der Waals surface area contributed by atoms with Gasteiger partial charge in [0.25, 0.3) is 0 Å². The Balaban J connectivity index is 1.02. The quantitative estimate of drug-likeness (QED) is 0.107. The Morgan fingerprint density at radius 2 is 1.67 bits per heavy atom. The van der Waals surface area contributed by atoms with Gasteiger partial charge in [0, 0.05) is 86.0 Å². The monoisotopic (exact) mass is 1090 g/mol. The zero-order valence-electron chi connectivity index (χ0n) is 46.8. The number of hydrogen-bond donors (Lipinski definition) is 4. The number of anilines is 1. The van der Waals surface area contributed by atoms with Gasteiger partial charge in [-0.1, -0.05) is 62.8 Å². The van der Waals surface area contributed by atoms with Crippen LogP contribution in [0.15, 0.2) is 60.7 Å². The largest absolute Gasteiger partial charge is 0.468 e. The van der Waals surface area contributed by atoms with Crippen LogP contribution in [0.2, 0.25) is 0 Å². The number of ether oxygens (including phenoxy) is 4. The summed E-state index contributed by atoms with van der Waals surface area (Å²) in [7, 11) is 5.92. The number of fused-ring (bicyclic) bond motifs is 6. The number of likely N-dealkylation sites (N-methyl/N-ethyl adjacent to an activating group) is 2. The number of methoxy groups -OCH3 is 2. The number of amides is 2. The number of para-hydroxylation sites is 1. The highest BCUT2D eigenvalue weighted by molar-refractivity contribution is 5.95. The van der Waals surface area contributed by atoms with E-state index in [-0.39, 0.29) is 31.8 Å². The summed E-state index contributed by atoms with van der Waals surface area (Å²) < 4.78 is 24.2. The molecule has 12 atom stereocenters. The molecule has 3 aromatic rings. The van der Waals surface area contributed by atoms with Gasteiger partial charge in [-0.05, 0) is 130 Å². The Kier molecular flexibility index (Phi) is 14.6. The topological polar surface area (TPSA) is 215 Å². The molecule has 11 rings (SSSR count). The molecule has 1 saturated carbocycles. The second kappa shape index (κ2) is 20.9. The average Bonchev–Trinajstić information content (AvgIpc) is 2.61. The van der Waals surface area contributed by atoms with Crippen molar-refractivity contribution in [2.75, 3.05) is 79.0 Å². The third-order valence-electron chi connectivity index (χ3n) is 20.1. The molecule has 18 heteroatoms. The number of likely N-dealkylation sites (tertiary alicyclic amines) is 1. The third-order valence-corrected chi connectivity index (χ3v) is 20.1. The summed E-state index contributed by atoms with van der Waals surface area (Å²) in [5, 5.41) is 38.9. The molecule has 4 fully saturated rings. The van der Waals surface area contributed by atoms with Crippen molar-refractivity contribution in [2.24, 2.45) is 11.3 Å². The van der Waals surface area contributed by atoms with Crippen LogP contribution in [0.1, 0.15) is 119 Å². The van der Waals surface area contributed by atoms with Gasteiger partial charge in [-0.15, -0.1) is 0 Å². The van der Waals surface area contributed by atoms with Gasteiger partial charge in [-0.3, -0.25) is 19.4 Å². The van der Waals surface area contributed by atoms with Crippen molar-refractivity contribution in [3.05, 3.63) is 88.7 Å². The summed E-state index contributed by atoms with van der Waals surface area (Å²) in [6.07, 6.45) is 13.4. The molecule has 2 aliphatic carbocycles. The molecule has 0 radical (unpaired) electrons. The van der Waals surface area contributed by atoms with Crippen molar-refractivity contribution < 1.29 is 58.2 Å². The molecule has 18 nitrogen and oxygen atoms in total. The fourth-order valence-corrected chi connectivity index (χ4v) is 16.7. The molecule has 2 aromatic carbocycles. The van der Waals surface area contributed by atoms with Crippen LogP contribution < -0.4 is 4.90 Å². The Hall–Kier alpha value is -5.79. The van der Waals surface area contributed by atoms with Crippen LogP contribution in [-0.2, 0) is 62.0 Å². The zero-order chi connectivity index (χ0) is 55.8. The zero-order valence-corrected chi connectivity index (χ0v) is 46.8. The smallest absolute Gasteiger partial charge is 0.410 e. The van der Waals surface area contributed by atoms with E-state index in [1.54, 1.807) is 0 Å². The molecule has 426 valence electrons. The Morgan fingerprint density at radius 3 is 2.43 bits per heavy atom.